The molecule has 0 amide bonds. The maximum absolute atomic E-state index is 12.3. The van der Waals surface area contributed by atoms with Gasteiger partial charge in [0, 0.05) is 12.6 Å². The summed E-state index contributed by atoms with van der Waals surface area (Å²) in [4.78, 5) is 3.49. The summed E-state index contributed by atoms with van der Waals surface area (Å²) in [5, 5.41) is 0. The summed E-state index contributed by atoms with van der Waals surface area (Å²) in [5.74, 6) is 0. The number of hydrogen-bond donors (Lipinski definition) is 0. The largest absolute Gasteiger partial charge is 0.411 e. The van der Waals surface area contributed by atoms with Gasteiger partial charge in [-0.1, -0.05) is 24.3 Å². The quantitative estimate of drug-likeness (QED) is 0.656. The van der Waals surface area contributed by atoms with E-state index in [1.807, 2.05) is 0 Å². The molecule has 1 unspecified atom stereocenters. The molecule has 1 heterocycles. The van der Waals surface area contributed by atoms with Crippen LogP contribution in [0.2, 0.25) is 0 Å². The number of rotatable bonds is 0. The molecule has 0 fully saturated rings. The van der Waals surface area contributed by atoms with Gasteiger partial charge in [-0.05, 0) is 11.1 Å². The zero-order valence-electron chi connectivity index (χ0n) is 7.66. The van der Waals surface area contributed by atoms with Gasteiger partial charge in [-0.3, -0.25) is 4.99 Å². The molecular weight excluding hydrogens is 227 g/mol. The third kappa shape index (κ3) is 2.50. The topological polar surface area (TPSA) is 12.4 Å². The smallest absolute Gasteiger partial charge is 0.279 e. The molecule has 1 aliphatic rings. The van der Waals surface area contributed by atoms with Crippen molar-refractivity contribution in [1.29, 1.82) is 0 Å². The summed E-state index contributed by atoms with van der Waals surface area (Å²) >= 11 is 0. The molecule has 1 aliphatic heterocycles. The Labute approximate surface area is 91.4 Å². The van der Waals surface area contributed by atoms with Crippen molar-refractivity contribution in [2.45, 2.75) is 18.6 Å². The molecule has 0 saturated carbocycles. The first-order valence-electron chi connectivity index (χ1n) is 4.25. The highest BCUT2D eigenvalue weighted by Gasteiger charge is 2.40. The molecule has 0 aliphatic carbocycles. The number of nitrogens with zero attached hydrogens (tertiary/aromatic N) is 1. The summed E-state index contributed by atoms with van der Waals surface area (Å²) in [7, 11) is 0. The highest BCUT2D eigenvalue weighted by atomic mass is 35.5. The van der Waals surface area contributed by atoms with Crippen LogP contribution in [-0.4, -0.2) is 18.4 Å². The normalized spacial score (nSPS) is 19.3. The van der Waals surface area contributed by atoms with Crippen molar-refractivity contribution >= 4 is 18.6 Å². The molecule has 0 N–H and O–H groups in total. The highest BCUT2D eigenvalue weighted by molar-refractivity contribution is 5.85. The molecule has 0 radical (unpaired) electrons. The minimum atomic E-state index is -4.23. The summed E-state index contributed by atoms with van der Waals surface area (Å²) in [6, 6.07) is 5.44. The summed E-state index contributed by atoms with van der Waals surface area (Å²) < 4.78 is 37.0. The summed E-state index contributed by atoms with van der Waals surface area (Å²) in [6.07, 6.45) is -2.98. The lowest BCUT2D eigenvalue weighted by Crippen LogP contribution is -2.31. The maximum Gasteiger partial charge on any atom is 0.411 e. The van der Waals surface area contributed by atoms with Crippen molar-refractivity contribution in [3.8, 4) is 0 Å². The fraction of sp³-hybridized carbons (Fsp3) is 0.300. The second-order valence-corrected chi connectivity index (χ2v) is 3.24. The van der Waals surface area contributed by atoms with Crippen LogP contribution in [0.5, 0.6) is 0 Å². The van der Waals surface area contributed by atoms with E-state index in [9.17, 15) is 13.2 Å². The van der Waals surface area contributed by atoms with Gasteiger partial charge in [-0.25, -0.2) is 0 Å². The standard InChI is InChI=1S/C10H8F3N.ClH/c11-10(12,13)9-5-7-3-1-2-4-8(7)6-14-9;/h1-4,6,9H,5H2;1H. The van der Waals surface area contributed by atoms with E-state index in [4.69, 9.17) is 0 Å². The third-order valence-corrected chi connectivity index (χ3v) is 2.24. The number of benzene rings is 1. The van der Waals surface area contributed by atoms with Gasteiger partial charge >= 0.3 is 6.18 Å². The molecule has 5 heteroatoms. The van der Waals surface area contributed by atoms with Crippen LogP contribution in [0.15, 0.2) is 29.3 Å². The lowest BCUT2D eigenvalue weighted by Gasteiger charge is -2.20. The minimum absolute atomic E-state index is 0. The molecule has 0 spiro atoms. The van der Waals surface area contributed by atoms with Crippen LogP contribution in [0, 0.1) is 0 Å². The first kappa shape index (κ1) is 12.0. The van der Waals surface area contributed by atoms with Crippen molar-refractivity contribution in [3.05, 3.63) is 35.4 Å². The first-order chi connectivity index (χ1) is 6.57. The van der Waals surface area contributed by atoms with E-state index in [-0.39, 0.29) is 18.8 Å². The van der Waals surface area contributed by atoms with E-state index < -0.39 is 12.2 Å². The maximum atomic E-state index is 12.3. The van der Waals surface area contributed by atoms with E-state index in [0.29, 0.717) is 5.56 Å². The van der Waals surface area contributed by atoms with Gasteiger partial charge < -0.3 is 0 Å². The second kappa shape index (κ2) is 4.23. The molecule has 1 aromatic carbocycles. The van der Waals surface area contributed by atoms with Crippen LogP contribution in [-0.2, 0) is 6.42 Å². The van der Waals surface area contributed by atoms with Gasteiger partial charge in [-0.2, -0.15) is 13.2 Å². The average molecular weight is 236 g/mol. The number of hydrogen-bond acceptors (Lipinski definition) is 1. The van der Waals surface area contributed by atoms with Crippen molar-refractivity contribution < 1.29 is 13.2 Å². The van der Waals surface area contributed by atoms with Crippen molar-refractivity contribution in [2.24, 2.45) is 4.99 Å². The SMILES string of the molecule is Cl.FC(F)(F)C1Cc2ccccc2C=N1. The Kier molecular flexibility index (Phi) is 3.39. The Balaban J connectivity index is 0.00000112. The number of aliphatic imine (C=N–C) groups is 1. The van der Waals surface area contributed by atoms with Crippen LogP contribution in [0.25, 0.3) is 0 Å². The van der Waals surface area contributed by atoms with E-state index >= 15 is 0 Å². The monoisotopic (exact) mass is 235 g/mol. The zero-order valence-corrected chi connectivity index (χ0v) is 8.48. The lowest BCUT2D eigenvalue weighted by molar-refractivity contribution is -0.146. The molecule has 0 bridgehead atoms. The fourth-order valence-corrected chi connectivity index (χ4v) is 1.48. The zero-order chi connectivity index (χ0) is 10.2. The van der Waals surface area contributed by atoms with Gasteiger partial charge in [0.1, 0.15) is 6.04 Å². The third-order valence-electron chi connectivity index (χ3n) is 2.24. The molecule has 1 aromatic rings. The number of halogens is 4. The molecule has 2 rings (SSSR count). The lowest BCUT2D eigenvalue weighted by atomic mass is 9.98. The van der Waals surface area contributed by atoms with E-state index in [1.165, 1.54) is 6.21 Å². The van der Waals surface area contributed by atoms with Gasteiger partial charge in [0.05, 0.1) is 0 Å². The van der Waals surface area contributed by atoms with Crippen LogP contribution in [0.3, 0.4) is 0 Å². The first-order valence-corrected chi connectivity index (χ1v) is 4.25. The minimum Gasteiger partial charge on any atom is -0.279 e. The van der Waals surface area contributed by atoms with Crippen LogP contribution >= 0.6 is 12.4 Å². The number of alkyl halides is 3. The van der Waals surface area contributed by atoms with Crippen LogP contribution in [0.1, 0.15) is 11.1 Å². The second-order valence-electron chi connectivity index (χ2n) is 3.24. The molecule has 0 saturated heterocycles. The van der Waals surface area contributed by atoms with E-state index in [0.717, 1.165) is 5.56 Å². The van der Waals surface area contributed by atoms with Crippen molar-refractivity contribution in [1.82, 2.24) is 0 Å². The Morgan fingerprint density at radius 2 is 1.87 bits per heavy atom. The Morgan fingerprint density at radius 1 is 1.20 bits per heavy atom. The predicted octanol–water partition coefficient (Wildman–Crippen LogP) is 3.01. The van der Waals surface area contributed by atoms with Gasteiger partial charge in [-0.15, -0.1) is 12.4 Å². The molecule has 15 heavy (non-hydrogen) atoms. The molecule has 1 nitrogen and oxygen atoms in total. The van der Waals surface area contributed by atoms with Crippen molar-refractivity contribution in [3.63, 3.8) is 0 Å². The Bertz CT molecular complexity index is 373. The van der Waals surface area contributed by atoms with Gasteiger partial charge in [0.25, 0.3) is 0 Å². The van der Waals surface area contributed by atoms with Crippen molar-refractivity contribution in [2.75, 3.05) is 0 Å². The molecule has 0 aromatic heterocycles. The molecule has 1 atom stereocenters. The van der Waals surface area contributed by atoms with Crippen LogP contribution < -0.4 is 0 Å². The Hall–Kier alpha value is -1.03. The number of fused-ring (bicyclic) bond motifs is 1. The van der Waals surface area contributed by atoms with E-state index in [2.05, 4.69) is 4.99 Å². The van der Waals surface area contributed by atoms with Crippen LogP contribution in [0.4, 0.5) is 13.2 Å². The fourth-order valence-electron chi connectivity index (χ4n) is 1.48. The highest BCUT2D eigenvalue weighted by Crippen LogP contribution is 2.28. The molecule has 82 valence electrons. The average Bonchev–Trinajstić information content (AvgIpc) is 2.16. The predicted molar refractivity (Wildman–Crippen MR) is 54.8 cm³/mol. The van der Waals surface area contributed by atoms with E-state index in [1.54, 1.807) is 24.3 Å². The summed E-state index contributed by atoms with van der Waals surface area (Å²) in [6.45, 7) is 0. The summed E-state index contributed by atoms with van der Waals surface area (Å²) in [5.41, 5.74) is 1.50. The Morgan fingerprint density at radius 3 is 2.53 bits per heavy atom. The molecular formula is C10H9ClF3N. The van der Waals surface area contributed by atoms with Gasteiger partial charge in [0.2, 0.25) is 0 Å². The van der Waals surface area contributed by atoms with Gasteiger partial charge in [0.15, 0.2) is 0 Å².